The number of hydrogen-bond donors (Lipinski definition) is 0. The van der Waals surface area contributed by atoms with Gasteiger partial charge in [0.15, 0.2) is 6.51 Å². The fourth-order valence-electron chi connectivity index (χ4n) is 3.26. The van der Waals surface area contributed by atoms with E-state index in [4.69, 9.17) is 0 Å². The molecule has 0 unspecified atom stereocenters. The molecule has 1 nitrogen and oxygen atoms in total. The van der Waals surface area contributed by atoms with Crippen molar-refractivity contribution in [3.05, 3.63) is 58.9 Å². The van der Waals surface area contributed by atoms with E-state index in [0.29, 0.717) is 6.51 Å². The third kappa shape index (κ3) is 3.10. The standard InChI is InChI=1S/C16H24BNSi2/c1-19(2,3)18(20(4,5)6)17(15-11-7-8-12-15)16-13-9-10-14-16/h7-11,13H,1-6H3. The van der Waals surface area contributed by atoms with Gasteiger partial charge in [0.25, 0.3) is 16.5 Å². The number of rotatable bonds is 4. The quantitative estimate of drug-likeness (QED) is 0.537. The summed E-state index contributed by atoms with van der Waals surface area (Å²) in [7, 11) is -2.88. The average Bonchev–Trinajstić information content (AvgIpc) is 2.95. The normalized spacial score (nSPS) is 16.7. The number of allylic oxidation sites excluding steroid dienone is 6. The molecule has 2 rings (SSSR count). The summed E-state index contributed by atoms with van der Waals surface area (Å²) in [6.07, 6.45) is 12.7. The van der Waals surface area contributed by atoms with Gasteiger partial charge in [0.05, 0.1) is 0 Å². The van der Waals surface area contributed by atoms with Crippen molar-refractivity contribution in [3.8, 4) is 0 Å². The molecular formula is C16H24BNSi2. The minimum Gasteiger partial charge on any atom is -0.651 e. The Hall–Kier alpha value is -1.18. The fourth-order valence-corrected chi connectivity index (χ4v) is 13.4. The van der Waals surface area contributed by atoms with Crippen molar-refractivity contribution in [3.63, 3.8) is 0 Å². The van der Waals surface area contributed by atoms with Gasteiger partial charge in [-0.25, -0.2) is 0 Å². The summed E-state index contributed by atoms with van der Waals surface area (Å²) in [4.78, 5) is 0. The van der Waals surface area contributed by atoms with E-state index in [-0.39, 0.29) is 0 Å². The third-order valence-corrected chi connectivity index (χ3v) is 11.0. The zero-order chi connectivity index (χ0) is 15.0. The molecule has 0 saturated carbocycles. The Morgan fingerprint density at radius 1 is 0.800 bits per heavy atom. The minimum absolute atomic E-state index is 0.318. The second kappa shape index (κ2) is 5.31. The fraction of sp³-hybridized carbons (Fsp3) is 0.375. The van der Waals surface area contributed by atoms with Crippen LogP contribution in [-0.2, 0) is 0 Å². The molecule has 0 bridgehead atoms. The van der Waals surface area contributed by atoms with Gasteiger partial charge in [-0.2, -0.15) is 11.5 Å². The van der Waals surface area contributed by atoms with Crippen LogP contribution in [0.15, 0.2) is 58.9 Å². The maximum Gasteiger partial charge on any atom is 0.272 e. The van der Waals surface area contributed by atoms with E-state index < -0.39 is 16.5 Å². The van der Waals surface area contributed by atoms with Crippen LogP contribution < -0.4 is 0 Å². The molecule has 0 radical (unpaired) electrons. The SMILES string of the molecule is C[Si](C)(C)[N+](=[B-](C1=C=CC=C1)C1=C=CC=C1)[Si](C)(C)C. The maximum atomic E-state index is 3.43. The minimum atomic E-state index is -1.44. The summed E-state index contributed by atoms with van der Waals surface area (Å²) in [6, 6.07) is 0. The van der Waals surface area contributed by atoms with Crippen molar-refractivity contribution in [2.24, 2.45) is 0 Å². The van der Waals surface area contributed by atoms with E-state index in [1.54, 1.807) is 0 Å². The summed E-state index contributed by atoms with van der Waals surface area (Å²) in [5, 5.41) is 0. The first-order valence-electron chi connectivity index (χ1n) is 7.27. The largest absolute Gasteiger partial charge is 0.651 e. The Labute approximate surface area is 125 Å². The van der Waals surface area contributed by atoms with Crippen molar-refractivity contribution in [2.75, 3.05) is 0 Å². The van der Waals surface area contributed by atoms with Crippen LogP contribution in [0.3, 0.4) is 0 Å². The van der Waals surface area contributed by atoms with Crippen molar-refractivity contribution >= 4 is 23.0 Å². The van der Waals surface area contributed by atoms with Gasteiger partial charge in [-0.05, 0) is 51.4 Å². The van der Waals surface area contributed by atoms with Crippen molar-refractivity contribution in [2.45, 2.75) is 39.3 Å². The second-order valence-electron chi connectivity index (χ2n) is 7.37. The van der Waals surface area contributed by atoms with Crippen molar-refractivity contribution < 1.29 is 3.81 Å². The van der Waals surface area contributed by atoms with E-state index in [1.807, 2.05) is 12.2 Å². The Kier molecular flexibility index (Phi) is 4.04. The second-order valence-corrected chi connectivity index (χ2v) is 17.5. The first-order chi connectivity index (χ1) is 9.21. The van der Waals surface area contributed by atoms with Crippen LogP contribution in [0, 0.1) is 0 Å². The molecule has 4 heteroatoms. The zero-order valence-electron chi connectivity index (χ0n) is 13.5. The van der Waals surface area contributed by atoms with E-state index >= 15 is 0 Å². The predicted molar refractivity (Wildman–Crippen MR) is 94.2 cm³/mol. The Balaban J connectivity index is 2.79. The van der Waals surface area contributed by atoms with Crippen LogP contribution in [0.5, 0.6) is 0 Å². The first-order valence-corrected chi connectivity index (χ1v) is 14.2. The number of nitrogens with zero attached hydrogens (tertiary/aromatic N) is 1. The lowest BCUT2D eigenvalue weighted by Crippen LogP contribution is -2.56. The van der Waals surface area contributed by atoms with E-state index in [1.165, 1.54) is 10.9 Å². The highest BCUT2D eigenvalue weighted by atomic mass is 28.4. The predicted octanol–water partition coefficient (Wildman–Crippen LogP) is 4.31. The molecule has 0 aromatic carbocycles. The lowest BCUT2D eigenvalue weighted by atomic mass is 9.57. The Morgan fingerprint density at radius 2 is 1.20 bits per heavy atom. The van der Waals surface area contributed by atoms with Crippen molar-refractivity contribution in [1.29, 1.82) is 0 Å². The zero-order valence-corrected chi connectivity index (χ0v) is 15.5. The van der Waals surface area contributed by atoms with Gasteiger partial charge in [-0.15, -0.1) is 10.9 Å². The molecule has 0 fully saturated rings. The van der Waals surface area contributed by atoms with Crippen LogP contribution in [0.1, 0.15) is 0 Å². The van der Waals surface area contributed by atoms with Crippen LogP contribution in [0.25, 0.3) is 0 Å². The first kappa shape index (κ1) is 15.2. The maximum absolute atomic E-state index is 3.43. The van der Waals surface area contributed by atoms with Gasteiger partial charge in [0.2, 0.25) is 0 Å². The van der Waals surface area contributed by atoms with Crippen LogP contribution in [0.2, 0.25) is 39.3 Å². The molecule has 0 amide bonds. The molecule has 0 N–H and O–H groups in total. The van der Waals surface area contributed by atoms with Crippen LogP contribution >= 0.6 is 0 Å². The molecule has 0 saturated heterocycles. The third-order valence-electron chi connectivity index (χ3n) is 3.54. The van der Waals surface area contributed by atoms with Gasteiger partial charge >= 0.3 is 0 Å². The molecule has 104 valence electrons. The van der Waals surface area contributed by atoms with E-state index in [9.17, 15) is 0 Å². The molecule has 0 heterocycles. The number of hydrogen-bond acceptors (Lipinski definition) is 0. The Morgan fingerprint density at radius 3 is 1.45 bits per heavy atom. The summed E-state index contributed by atoms with van der Waals surface area (Å²) in [5.41, 5.74) is 9.44. The summed E-state index contributed by atoms with van der Waals surface area (Å²) < 4.78 is 2.83. The molecule has 20 heavy (non-hydrogen) atoms. The Bertz CT molecular complexity index is 596. The lowest BCUT2D eigenvalue weighted by Gasteiger charge is -2.41. The molecule has 2 aliphatic rings. The molecule has 0 atom stereocenters. The molecule has 0 aromatic rings. The van der Waals surface area contributed by atoms with Crippen LogP contribution in [0.4, 0.5) is 0 Å². The van der Waals surface area contributed by atoms with Crippen molar-refractivity contribution in [1.82, 2.24) is 0 Å². The van der Waals surface area contributed by atoms with Gasteiger partial charge in [0.1, 0.15) is 0 Å². The average molecular weight is 297 g/mol. The molecule has 0 aliphatic heterocycles. The van der Waals surface area contributed by atoms with Gasteiger partial charge in [-0.3, -0.25) is 0 Å². The lowest BCUT2D eigenvalue weighted by molar-refractivity contribution is -0.234. The van der Waals surface area contributed by atoms with E-state index in [0.717, 1.165) is 0 Å². The highest BCUT2D eigenvalue weighted by Gasteiger charge is 2.35. The van der Waals surface area contributed by atoms with Crippen LogP contribution in [-0.4, -0.2) is 26.8 Å². The summed E-state index contributed by atoms with van der Waals surface area (Å²) >= 11 is 0. The summed E-state index contributed by atoms with van der Waals surface area (Å²) in [5.74, 6) is 0. The highest BCUT2D eigenvalue weighted by molar-refractivity contribution is 6.86. The van der Waals surface area contributed by atoms with Gasteiger partial charge < -0.3 is 3.81 Å². The highest BCUT2D eigenvalue weighted by Crippen LogP contribution is 2.21. The van der Waals surface area contributed by atoms with Gasteiger partial charge in [0, 0.05) is 0 Å². The molecule has 0 aromatic heterocycles. The molecule has 2 aliphatic carbocycles. The summed E-state index contributed by atoms with van der Waals surface area (Å²) in [6.45, 7) is 15.0. The molecular weight excluding hydrogens is 273 g/mol. The topological polar surface area (TPSA) is 3.01 Å². The monoisotopic (exact) mass is 297 g/mol. The van der Waals surface area contributed by atoms with Gasteiger partial charge in [-0.1, -0.05) is 24.3 Å². The smallest absolute Gasteiger partial charge is 0.272 e. The van der Waals surface area contributed by atoms with E-state index in [2.05, 4.69) is 78.9 Å². The molecule has 0 spiro atoms.